The Balaban J connectivity index is 1.47. The molecule has 1 aromatic carbocycles. The fourth-order valence-corrected chi connectivity index (χ4v) is 2.94. The van der Waals surface area contributed by atoms with Crippen LogP contribution in [0.4, 0.5) is 20.3 Å². The molecule has 0 spiro atoms. The lowest BCUT2D eigenvalue weighted by atomic mass is 10.1. The van der Waals surface area contributed by atoms with E-state index in [0.29, 0.717) is 27.4 Å². The molecule has 0 radical (unpaired) electrons. The molecule has 2 N–H and O–H groups in total. The average Bonchev–Trinajstić information content (AvgIpc) is 3.36. The summed E-state index contributed by atoms with van der Waals surface area (Å²) in [5.74, 6) is 0.0188. The third kappa shape index (κ3) is 3.95. The Morgan fingerprint density at radius 1 is 1.20 bits per heavy atom. The number of alkyl halides is 2. The molecule has 0 unspecified atom stereocenters. The average molecular weight is 412 g/mol. The zero-order valence-corrected chi connectivity index (χ0v) is 16.1. The lowest BCUT2D eigenvalue weighted by molar-refractivity contribution is 0.0561. The van der Waals surface area contributed by atoms with Crippen molar-refractivity contribution >= 4 is 28.6 Å². The molecule has 3 aromatic heterocycles. The van der Waals surface area contributed by atoms with Crippen LogP contribution >= 0.6 is 0 Å². The molecule has 11 heteroatoms. The van der Waals surface area contributed by atoms with E-state index in [2.05, 4.69) is 30.8 Å². The van der Waals surface area contributed by atoms with E-state index in [1.807, 2.05) is 13.0 Å². The Morgan fingerprint density at radius 3 is 2.80 bits per heavy atom. The SMILES string of the molecule is C[C@H](Nc1cnc2cnn(C)c2n1)c1cccc(NC(=O)c2ccn(C(F)F)n2)c1. The lowest BCUT2D eigenvalue weighted by Crippen LogP contribution is -2.14. The van der Waals surface area contributed by atoms with Crippen LogP contribution in [0.3, 0.4) is 0 Å². The number of amides is 1. The minimum absolute atomic E-state index is 0.0911. The van der Waals surface area contributed by atoms with Gasteiger partial charge in [-0.3, -0.25) is 4.79 Å². The predicted octanol–water partition coefficient (Wildman–Crippen LogP) is 3.38. The van der Waals surface area contributed by atoms with Crippen molar-refractivity contribution in [2.75, 3.05) is 10.6 Å². The van der Waals surface area contributed by atoms with Crippen molar-refractivity contribution in [1.29, 1.82) is 0 Å². The molecule has 30 heavy (non-hydrogen) atoms. The standard InChI is InChI=1S/C19H18F2N8O/c1-11(24-16-10-22-15-9-23-28(2)17(15)26-16)12-4-3-5-13(8-12)25-18(30)14-6-7-29(27-14)19(20)21/h3-11,19H,1-2H3,(H,24,26)(H,25,30)/t11-/m0/s1. The van der Waals surface area contributed by atoms with Crippen LogP contribution in [0.25, 0.3) is 11.2 Å². The Morgan fingerprint density at radius 2 is 2.03 bits per heavy atom. The number of hydrogen-bond donors (Lipinski definition) is 2. The highest BCUT2D eigenvalue weighted by molar-refractivity contribution is 6.02. The highest BCUT2D eigenvalue weighted by Gasteiger charge is 2.15. The molecule has 4 rings (SSSR count). The summed E-state index contributed by atoms with van der Waals surface area (Å²) in [4.78, 5) is 21.1. The van der Waals surface area contributed by atoms with Gasteiger partial charge in [-0.1, -0.05) is 12.1 Å². The number of carbonyl (C=O) groups excluding carboxylic acids is 1. The van der Waals surface area contributed by atoms with Gasteiger partial charge in [0.25, 0.3) is 5.91 Å². The molecule has 9 nitrogen and oxygen atoms in total. The molecule has 0 aliphatic heterocycles. The van der Waals surface area contributed by atoms with Crippen molar-refractivity contribution in [3.63, 3.8) is 0 Å². The fourth-order valence-electron chi connectivity index (χ4n) is 2.94. The molecule has 0 saturated carbocycles. The fraction of sp³-hybridized carbons (Fsp3) is 0.211. The second-order valence-corrected chi connectivity index (χ2v) is 6.64. The van der Waals surface area contributed by atoms with Crippen LogP contribution < -0.4 is 10.6 Å². The molecule has 0 bridgehead atoms. The molecule has 3 heterocycles. The first-order valence-corrected chi connectivity index (χ1v) is 9.06. The van der Waals surface area contributed by atoms with Crippen LogP contribution in [0.15, 0.2) is 48.9 Å². The van der Waals surface area contributed by atoms with Gasteiger partial charge in [0.05, 0.1) is 18.4 Å². The molecule has 0 fully saturated rings. The first-order chi connectivity index (χ1) is 14.4. The van der Waals surface area contributed by atoms with Gasteiger partial charge in [0, 0.05) is 18.9 Å². The van der Waals surface area contributed by atoms with Gasteiger partial charge in [-0.15, -0.1) is 0 Å². The van der Waals surface area contributed by atoms with Crippen molar-refractivity contribution < 1.29 is 13.6 Å². The minimum atomic E-state index is -2.80. The molecule has 4 aromatic rings. The molecule has 0 saturated heterocycles. The lowest BCUT2D eigenvalue weighted by Gasteiger charge is -2.16. The zero-order valence-electron chi connectivity index (χ0n) is 16.1. The van der Waals surface area contributed by atoms with Gasteiger partial charge in [-0.05, 0) is 30.7 Å². The van der Waals surface area contributed by atoms with Gasteiger partial charge in [-0.25, -0.2) is 19.3 Å². The highest BCUT2D eigenvalue weighted by atomic mass is 19.3. The summed E-state index contributed by atoms with van der Waals surface area (Å²) in [6.07, 6.45) is 4.33. The Labute approximate surface area is 169 Å². The largest absolute Gasteiger partial charge is 0.362 e. The Kier molecular flexibility index (Phi) is 5.09. The van der Waals surface area contributed by atoms with Crippen LogP contribution in [0.1, 0.15) is 35.6 Å². The summed E-state index contributed by atoms with van der Waals surface area (Å²) in [6.45, 7) is -0.851. The van der Waals surface area contributed by atoms with Crippen LogP contribution in [-0.4, -0.2) is 35.4 Å². The van der Waals surface area contributed by atoms with Crippen molar-refractivity contribution in [2.24, 2.45) is 7.05 Å². The summed E-state index contributed by atoms with van der Waals surface area (Å²) >= 11 is 0. The van der Waals surface area contributed by atoms with Crippen molar-refractivity contribution in [3.8, 4) is 0 Å². The van der Waals surface area contributed by atoms with Gasteiger partial charge in [-0.2, -0.15) is 19.0 Å². The van der Waals surface area contributed by atoms with E-state index < -0.39 is 12.5 Å². The second-order valence-electron chi connectivity index (χ2n) is 6.64. The van der Waals surface area contributed by atoms with E-state index in [-0.39, 0.29) is 11.7 Å². The summed E-state index contributed by atoms with van der Waals surface area (Å²) in [5, 5.41) is 13.6. The number of halogens is 2. The van der Waals surface area contributed by atoms with Crippen LogP contribution in [-0.2, 0) is 7.05 Å². The maximum absolute atomic E-state index is 12.6. The number of nitrogens with one attached hydrogen (secondary N) is 2. The Hall–Kier alpha value is -3.89. The number of carbonyl (C=O) groups is 1. The molecular formula is C19H18F2N8O. The van der Waals surface area contributed by atoms with E-state index in [0.717, 1.165) is 11.8 Å². The number of fused-ring (bicyclic) bond motifs is 1. The highest BCUT2D eigenvalue weighted by Crippen LogP contribution is 2.22. The van der Waals surface area contributed by atoms with E-state index >= 15 is 0 Å². The Bertz CT molecular complexity index is 1200. The molecule has 1 amide bonds. The number of hydrogen-bond acceptors (Lipinski definition) is 6. The summed E-state index contributed by atoms with van der Waals surface area (Å²) < 4.78 is 27.3. The molecule has 0 aliphatic carbocycles. The topological polar surface area (TPSA) is 103 Å². The van der Waals surface area contributed by atoms with Gasteiger partial charge in [0.15, 0.2) is 11.3 Å². The van der Waals surface area contributed by atoms with Crippen molar-refractivity contribution in [1.82, 2.24) is 29.5 Å². The van der Waals surface area contributed by atoms with Crippen molar-refractivity contribution in [3.05, 3.63) is 60.2 Å². The monoisotopic (exact) mass is 412 g/mol. The van der Waals surface area contributed by atoms with Gasteiger partial charge in [0.2, 0.25) is 0 Å². The third-order valence-electron chi connectivity index (χ3n) is 4.49. The van der Waals surface area contributed by atoms with E-state index in [9.17, 15) is 13.6 Å². The summed E-state index contributed by atoms with van der Waals surface area (Å²) in [6, 6.07) is 8.28. The third-order valence-corrected chi connectivity index (χ3v) is 4.49. The first-order valence-electron chi connectivity index (χ1n) is 9.06. The number of rotatable bonds is 6. The molecular weight excluding hydrogens is 394 g/mol. The van der Waals surface area contributed by atoms with Crippen LogP contribution in [0, 0.1) is 0 Å². The van der Waals surface area contributed by atoms with E-state index in [1.54, 1.807) is 42.3 Å². The van der Waals surface area contributed by atoms with E-state index in [1.165, 1.54) is 6.07 Å². The number of benzene rings is 1. The number of aromatic nitrogens is 6. The predicted molar refractivity (Wildman–Crippen MR) is 106 cm³/mol. The smallest absolute Gasteiger partial charge is 0.333 e. The number of aryl methyl sites for hydroxylation is 1. The van der Waals surface area contributed by atoms with Gasteiger partial charge < -0.3 is 10.6 Å². The maximum atomic E-state index is 12.6. The quantitative estimate of drug-likeness (QED) is 0.503. The van der Waals surface area contributed by atoms with Gasteiger partial charge >= 0.3 is 6.55 Å². The minimum Gasteiger partial charge on any atom is -0.362 e. The first kappa shape index (κ1) is 19.4. The summed E-state index contributed by atoms with van der Waals surface area (Å²) in [5.41, 5.74) is 2.68. The number of nitrogens with zero attached hydrogens (tertiary/aromatic N) is 6. The molecule has 154 valence electrons. The normalized spacial score (nSPS) is 12.3. The van der Waals surface area contributed by atoms with Crippen LogP contribution in [0.5, 0.6) is 0 Å². The van der Waals surface area contributed by atoms with Gasteiger partial charge in [0.1, 0.15) is 11.3 Å². The number of anilines is 2. The molecule has 0 aliphatic rings. The van der Waals surface area contributed by atoms with E-state index in [4.69, 9.17) is 0 Å². The summed E-state index contributed by atoms with van der Waals surface area (Å²) in [7, 11) is 1.79. The van der Waals surface area contributed by atoms with Crippen molar-refractivity contribution in [2.45, 2.75) is 19.5 Å². The zero-order chi connectivity index (χ0) is 21.3. The second kappa shape index (κ2) is 7.85. The molecule has 1 atom stereocenters. The van der Waals surface area contributed by atoms with Crippen LogP contribution in [0.2, 0.25) is 0 Å². The maximum Gasteiger partial charge on any atom is 0.333 e.